The first-order chi connectivity index (χ1) is 11.7. The van der Waals surface area contributed by atoms with Gasteiger partial charge >= 0.3 is 0 Å². The standard InChI is InChI=1S/C21H25NO2/c1-24-20-10-9-15-12-17(8-7-16(15)13-20)21(23)18-4-3-11-22(14-18)19-5-2-6-19/h7-10,12-13,18-19H,2-6,11,14H2,1H3/t18-/m0/s1. The molecule has 0 spiro atoms. The molecule has 2 fully saturated rings. The summed E-state index contributed by atoms with van der Waals surface area (Å²) in [6, 6.07) is 12.8. The van der Waals surface area contributed by atoms with Crippen LogP contribution in [0.15, 0.2) is 36.4 Å². The molecule has 1 saturated heterocycles. The molecule has 2 aliphatic rings. The predicted octanol–water partition coefficient (Wildman–Crippen LogP) is 4.30. The Bertz CT molecular complexity index is 751. The summed E-state index contributed by atoms with van der Waals surface area (Å²) in [7, 11) is 1.68. The summed E-state index contributed by atoms with van der Waals surface area (Å²) in [5.41, 5.74) is 0.855. The second-order valence-corrected chi connectivity index (χ2v) is 7.21. The minimum atomic E-state index is 0.162. The summed E-state index contributed by atoms with van der Waals surface area (Å²) in [5.74, 6) is 1.33. The number of methoxy groups -OCH3 is 1. The molecule has 3 nitrogen and oxygen atoms in total. The number of nitrogens with zero attached hydrogens (tertiary/aromatic N) is 1. The molecule has 0 bridgehead atoms. The van der Waals surface area contributed by atoms with Crippen molar-refractivity contribution in [3.8, 4) is 5.75 Å². The highest BCUT2D eigenvalue weighted by Crippen LogP contribution is 2.31. The van der Waals surface area contributed by atoms with Gasteiger partial charge in [-0.25, -0.2) is 0 Å². The summed E-state index contributed by atoms with van der Waals surface area (Å²) in [6.45, 7) is 2.12. The van der Waals surface area contributed by atoms with E-state index in [4.69, 9.17) is 4.74 Å². The number of ketones is 1. The SMILES string of the molecule is COc1ccc2cc(C(=O)[C@H]3CCCN(C4CCC4)C3)ccc2c1. The van der Waals surface area contributed by atoms with Gasteiger partial charge in [-0.05, 0) is 61.2 Å². The third-order valence-electron chi connectivity index (χ3n) is 5.75. The van der Waals surface area contributed by atoms with Gasteiger partial charge in [-0.15, -0.1) is 0 Å². The van der Waals surface area contributed by atoms with E-state index < -0.39 is 0 Å². The molecule has 3 heteroatoms. The van der Waals surface area contributed by atoms with Gasteiger partial charge in [-0.2, -0.15) is 0 Å². The number of Topliss-reactive ketones (excluding diaryl/α,β-unsaturated/α-hetero) is 1. The number of carbonyl (C=O) groups is 1. The molecule has 0 amide bonds. The van der Waals surface area contributed by atoms with Gasteiger partial charge in [0.1, 0.15) is 5.75 Å². The van der Waals surface area contributed by atoms with E-state index in [1.54, 1.807) is 7.11 Å². The molecular weight excluding hydrogens is 298 g/mol. The van der Waals surface area contributed by atoms with Crippen LogP contribution in [0.4, 0.5) is 0 Å². The molecule has 0 radical (unpaired) electrons. The molecule has 0 N–H and O–H groups in total. The first-order valence-corrected chi connectivity index (χ1v) is 9.10. The highest BCUT2D eigenvalue weighted by atomic mass is 16.5. The maximum Gasteiger partial charge on any atom is 0.167 e. The third kappa shape index (κ3) is 2.93. The molecular formula is C21H25NO2. The smallest absolute Gasteiger partial charge is 0.167 e. The van der Waals surface area contributed by atoms with E-state index in [0.717, 1.165) is 47.5 Å². The first kappa shape index (κ1) is 15.6. The molecule has 0 aromatic heterocycles. The van der Waals surface area contributed by atoms with Crippen LogP contribution in [0.2, 0.25) is 0 Å². The van der Waals surface area contributed by atoms with E-state index in [2.05, 4.69) is 4.90 Å². The Labute approximate surface area is 143 Å². The predicted molar refractivity (Wildman–Crippen MR) is 96.8 cm³/mol. The van der Waals surface area contributed by atoms with Crippen LogP contribution in [-0.2, 0) is 0 Å². The fraction of sp³-hybridized carbons (Fsp3) is 0.476. The van der Waals surface area contributed by atoms with Crippen molar-refractivity contribution in [1.29, 1.82) is 0 Å². The van der Waals surface area contributed by atoms with E-state index in [-0.39, 0.29) is 5.92 Å². The number of hydrogen-bond acceptors (Lipinski definition) is 3. The van der Waals surface area contributed by atoms with Gasteiger partial charge in [0.05, 0.1) is 7.11 Å². The summed E-state index contributed by atoms with van der Waals surface area (Å²) in [5, 5.41) is 2.22. The van der Waals surface area contributed by atoms with E-state index >= 15 is 0 Å². The monoisotopic (exact) mass is 323 g/mol. The van der Waals surface area contributed by atoms with Crippen LogP contribution < -0.4 is 4.74 Å². The zero-order valence-electron chi connectivity index (χ0n) is 14.3. The fourth-order valence-electron chi connectivity index (χ4n) is 4.04. The number of piperidine rings is 1. The van der Waals surface area contributed by atoms with Crippen molar-refractivity contribution in [1.82, 2.24) is 4.90 Å². The van der Waals surface area contributed by atoms with E-state index in [1.807, 2.05) is 36.4 Å². The zero-order chi connectivity index (χ0) is 16.5. The summed E-state index contributed by atoms with van der Waals surface area (Å²) >= 11 is 0. The van der Waals surface area contributed by atoms with Crippen LogP contribution >= 0.6 is 0 Å². The average Bonchev–Trinajstić information content (AvgIpc) is 2.59. The second-order valence-electron chi connectivity index (χ2n) is 7.21. The number of hydrogen-bond donors (Lipinski definition) is 0. The number of likely N-dealkylation sites (tertiary alicyclic amines) is 1. The van der Waals surface area contributed by atoms with E-state index in [0.29, 0.717) is 5.78 Å². The molecule has 24 heavy (non-hydrogen) atoms. The lowest BCUT2D eigenvalue weighted by Crippen LogP contribution is -2.47. The molecule has 2 aromatic carbocycles. The zero-order valence-corrected chi connectivity index (χ0v) is 14.3. The molecule has 1 heterocycles. The summed E-state index contributed by atoms with van der Waals surface area (Å²) in [4.78, 5) is 15.5. The first-order valence-electron chi connectivity index (χ1n) is 9.10. The van der Waals surface area contributed by atoms with Crippen LogP contribution in [0.25, 0.3) is 10.8 Å². The third-order valence-corrected chi connectivity index (χ3v) is 5.75. The molecule has 1 saturated carbocycles. The van der Waals surface area contributed by atoms with E-state index in [1.165, 1.54) is 25.8 Å². The summed E-state index contributed by atoms with van der Waals surface area (Å²) in [6.07, 6.45) is 6.17. The molecule has 1 aliphatic heterocycles. The van der Waals surface area contributed by atoms with Gasteiger partial charge in [0, 0.05) is 24.1 Å². The van der Waals surface area contributed by atoms with Crippen LogP contribution in [0.1, 0.15) is 42.5 Å². The topological polar surface area (TPSA) is 29.5 Å². The Balaban J connectivity index is 1.53. The quantitative estimate of drug-likeness (QED) is 0.786. The Morgan fingerprint density at radius 3 is 2.58 bits per heavy atom. The van der Waals surface area contributed by atoms with Crippen LogP contribution in [0.5, 0.6) is 5.75 Å². The van der Waals surface area contributed by atoms with Crippen LogP contribution in [0.3, 0.4) is 0 Å². The van der Waals surface area contributed by atoms with Gasteiger partial charge in [-0.1, -0.05) is 24.6 Å². The maximum atomic E-state index is 13.0. The van der Waals surface area contributed by atoms with Gasteiger partial charge in [0.25, 0.3) is 0 Å². The van der Waals surface area contributed by atoms with Crippen LogP contribution in [0, 0.1) is 5.92 Å². The number of benzene rings is 2. The van der Waals surface area contributed by atoms with Crippen LogP contribution in [-0.4, -0.2) is 36.9 Å². The minimum Gasteiger partial charge on any atom is -0.497 e. The van der Waals surface area contributed by atoms with Gasteiger partial charge in [0.2, 0.25) is 0 Å². The number of rotatable bonds is 4. The Hall–Kier alpha value is -1.87. The lowest BCUT2D eigenvalue weighted by atomic mass is 9.85. The molecule has 126 valence electrons. The molecule has 1 atom stereocenters. The van der Waals surface area contributed by atoms with Crippen molar-refractivity contribution in [3.05, 3.63) is 42.0 Å². The Morgan fingerprint density at radius 2 is 1.83 bits per heavy atom. The lowest BCUT2D eigenvalue weighted by molar-refractivity contribution is 0.0612. The molecule has 1 aliphatic carbocycles. The Kier molecular flexibility index (Phi) is 4.28. The largest absolute Gasteiger partial charge is 0.497 e. The van der Waals surface area contributed by atoms with Crippen molar-refractivity contribution >= 4 is 16.6 Å². The number of carbonyl (C=O) groups excluding carboxylic acids is 1. The van der Waals surface area contributed by atoms with Crippen molar-refractivity contribution in [2.45, 2.75) is 38.1 Å². The van der Waals surface area contributed by atoms with E-state index in [9.17, 15) is 4.79 Å². The molecule has 0 unspecified atom stereocenters. The van der Waals surface area contributed by atoms with Crippen molar-refractivity contribution in [2.24, 2.45) is 5.92 Å². The average molecular weight is 323 g/mol. The highest BCUT2D eigenvalue weighted by molar-refractivity contribution is 6.01. The molecule has 2 aromatic rings. The number of fused-ring (bicyclic) bond motifs is 1. The highest BCUT2D eigenvalue weighted by Gasteiger charge is 2.32. The second kappa shape index (κ2) is 6.56. The summed E-state index contributed by atoms with van der Waals surface area (Å²) < 4.78 is 5.27. The van der Waals surface area contributed by atoms with Crippen molar-refractivity contribution < 1.29 is 9.53 Å². The maximum absolute atomic E-state index is 13.0. The minimum absolute atomic E-state index is 0.162. The molecule has 4 rings (SSSR count). The number of ether oxygens (including phenoxy) is 1. The van der Waals surface area contributed by atoms with Crippen molar-refractivity contribution in [3.63, 3.8) is 0 Å². The van der Waals surface area contributed by atoms with Gasteiger partial charge < -0.3 is 4.74 Å². The van der Waals surface area contributed by atoms with Crippen molar-refractivity contribution in [2.75, 3.05) is 20.2 Å². The Morgan fingerprint density at radius 1 is 1.04 bits per heavy atom. The normalized spacial score (nSPS) is 22.3. The fourth-order valence-corrected chi connectivity index (χ4v) is 4.04. The van der Waals surface area contributed by atoms with Gasteiger partial charge in [-0.3, -0.25) is 9.69 Å². The van der Waals surface area contributed by atoms with Gasteiger partial charge in [0.15, 0.2) is 5.78 Å². The lowest BCUT2D eigenvalue weighted by Gasteiger charge is -2.42.